The maximum absolute atomic E-state index is 12.8. The lowest BCUT2D eigenvalue weighted by molar-refractivity contribution is -0.143. The summed E-state index contributed by atoms with van der Waals surface area (Å²) in [6.45, 7) is 2.07. The molecule has 0 saturated carbocycles. The Kier molecular flexibility index (Phi) is 5.90. The van der Waals surface area contributed by atoms with E-state index in [-0.39, 0.29) is 18.2 Å². The summed E-state index contributed by atoms with van der Waals surface area (Å²) in [5.74, 6) is -0.963. The SMILES string of the molecule is CCOC(=O)CC(C(=O)c1ccc(Br)cc1)c1ccccc1. The van der Waals surface area contributed by atoms with Crippen LogP contribution in [0.1, 0.15) is 35.2 Å². The molecule has 0 N–H and O–H groups in total. The van der Waals surface area contributed by atoms with E-state index in [0.29, 0.717) is 12.2 Å². The van der Waals surface area contributed by atoms with Gasteiger partial charge in [-0.2, -0.15) is 0 Å². The molecule has 114 valence electrons. The van der Waals surface area contributed by atoms with Crippen molar-refractivity contribution < 1.29 is 14.3 Å². The van der Waals surface area contributed by atoms with Gasteiger partial charge in [0.25, 0.3) is 0 Å². The standard InChI is InChI=1S/C18H17BrO3/c1-2-22-17(20)12-16(13-6-4-3-5-7-13)18(21)14-8-10-15(19)11-9-14/h3-11,16H,2,12H2,1H3. The van der Waals surface area contributed by atoms with Crippen molar-refractivity contribution >= 4 is 27.7 Å². The number of ether oxygens (including phenoxy) is 1. The van der Waals surface area contributed by atoms with Crippen LogP contribution in [0.3, 0.4) is 0 Å². The van der Waals surface area contributed by atoms with E-state index < -0.39 is 5.92 Å². The van der Waals surface area contributed by atoms with Gasteiger partial charge < -0.3 is 4.74 Å². The molecule has 2 aromatic carbocycles. The zero-order valence-corrected chi connectivity index (χ0v) is 13.9. The number of Topliss-reactive ketones (excluding diaryl/α,β-unsaturated/α-hetero) is 1. The van der Waals surface area contributed by atoms with Crippen LogP contribution in [0.5, 0.6) is 0 Å². The van der Waals surface area contributed by atoms with E-state index >= 15 is 0 Å². The maximum Gasteiger partial charge on any atom is 0.306 e. The quantitative estimate of drug-likeness (QED) is 0.567. The Balaban J connectivity index is 2.29. The molecular weight excluding hydrogens is 344 g/mol. The van der Waals surface area contributed by atoms with Crippen molar-refractivity contribution in [1.82, 2.24) is 0 Å². The third-order valence-corrected chi connectivity index (χ3v) is 3.85. The fourth-order valence-corrected chi connectivity index (χ4v) is 2.51. The minimum atomic E-state index is -0.526. The Morgan fingerprint density at radius 3 is 2.27 bits per heavy atom. The number of hydrogen-bond acceptors (Lipinski definition) is 3. The summed E-state index contributed by atoms with van der Waals surface area (Å²) < 4.78 is 5.91. The molecule has 1 atom stereocenters. The van der Waals surface area contributed by atoms with Crippen molar-refractivity contribution in [3.8, 4) is 0 Å². The summed E-state index contributed by atoms with van der Waals surface area (Å²) in [4.78, 5) is 24.6. The summed E-state index contributed by atoms with van der Waals surface area (Å²) in [5, 5.41) is 0. The minimum absolute atomic E-state index is 0.0484. The fraction of sp³-hybridized carbons (Fsp3) is 0.222. The summed E-state index contributed by atoms with van der Waals surface area (Å²) in [5.41, 5.74) is 1.41. The van der Waals surface area contributed by atoms with Crippen LogP contribution in [-0.4, -0.2) is 18.4 Å². The van der Waals surface area contributed by atoms with Gasteiger partial charge in [0.15, 0.2) is 5.78 Å². The van der Waals surface area contributed by atoms with E-state index in [4.69, 9.17) is 4.74 Å². The number of esters is 1. The first kappa shape index (κ1) is 16.4. The second kappa shape index (κ2) is 7.90. The molecule has 0 aromatic heterocycles. The molecule has 1 unspecified atom stereocenters. The summed E-state index contributed by atoms with van der Waals surface area (Å²) in [6, 6.07) is 16.5. The highest BCUT2D eigenvalue weighted by Gasteiger charge is 2.25. The number of carbonyl (C=O) groups excluding carboxylic acids is 2. The molecule has 0 heterocycles. The second-order valence-electron chi connectivity index (χ2n) is 4.84. The normalized spacial score (nSPS) is 11.7. The third kappa shape index (κ3) is 4.28. The van der Waals surface area contributed by atoms with Gasteiger partial charge in [0, 0.05) is 10.0 Å². The van der Waals surface area contributed by atoms with Crippen LogP contribution in [-0.2, 0) is 9.53 Å². The molecule has 0 aliphatic heterocycles. The molecular formula is C18H17BrO3. The molecule has 22 heavy (non-hydrogen) atoms. The van der Waals surface area contributed by atoms with Gasteiger partial charge in [0.05, 0.1) is 18.9 Å². The molecule has 0 bridgehead atoms. The van der Waals surface area contributed by atoms with Gasteiger partial charge in [0.2, 0.25) is 0 Å². The van der Waals surface area contributed by atoms with Crippen LogP contribution < -0.4 is 0 Å². The molecule has 2 rings (SSSR count). The number of carbonyl (C=O) groups is 2. The number of ketones is 1. The van der Waals surface area contributed by atoms with Crippen LogP contribution in [0, 0.1) is 0 Å². The van der Waals surface area contributed by atoms with Crippen molar-refractivity contribution in [2.75, 3.05) is 6.61 Å². The zero-order valence-electron chi connectivity index (χ0n) is 12.3. The fourth-order valence-electron chi connectivity index (χ4n) is 2.25. The van der Waals surface area contributed by atoms with Crippen LogP contribution in [0.4, 0.5) is 0 Å². The monoisotopic (exact) mass is 360 g/mol. The molecule has 4 heteroatoms. The molecule has 0 fully saturated rings. The molecule has 0 radical (unpaired) electrons. The lowest BCUT2D eigenvalue weighted by Gasteiger charge is -2.15. The van der Waals surface area contributed by atoms with E-state index in [0.717, 1.165) is 10.0 Å². The van der Waals surface area contributed by atoms with Crippen molar-refractivity contribution in [2.45, 2.75) is 19.3 Å². The predicted octanol–water partition coefficient (Wildman–Crippen LogP) is 4.37. The molecule has 2 aromatic rings. The Labute approximate surface area is 138 Å². The first-order valence-corrected chi connectivity index (χ1v) is 7.91. The Bertz CT molecular complexity index is 635. The van der Waals surface area contributed by atoms with Gasteiger partial charge in [-0.25, -0.2) is 0 Å². The van der Waals surface area contributed by atoms with Gasteiger partial charge in [-0.1, -0.05) is 58.4 Å². The minimum Gasteiger partial charge on any atom is -0.466 e. The first-order chi connectivity index (χ1) is 10.6. The van der Waals surface area contributed by atoms with Crippen molar-refractivity contribution in [3.05, 3.63) is 70.2 Å². The average molecular weight is 361 g/mol. The Morgan fingerprint density at radius 1 is 1.05 bits per heavy atom. The van der Waals surface area contributed by atoms with Gasteiger partial charge in [-0.15, -0.1) is 0 Å². The molecule has 3 nitrogen and oxygen atoms in total. The summed E-state index contributed by atoms with van der Waals surface area (Å²) in [7, 11) is 0. The molecule has 0 spiro atoms. The van der Waals surface area contributed by atoms with E-state index in [1.54, 1.807) is 19.1 Å². The highest BCUT2D eigenvalue weighted by molar-refractivity contribution is 9.10. The highest BCUT2D eigenvalue weighted by atomic mass is 79.9. The predicted molar refractivity (Wildman–Crippen MR) is 88.9 cm³/mol. The molecule has 0 aliphatic carbocycles. The molecule has 0 aliphatic rings. The van der Waals surface area contributed by atoms with E-state index in [9.17, 15) is 9.59 Å². The largest absolute Gasteiger partial charge is 0.466 e. The van der Waals surface area contributed by atoms with Crippen LogP contribution in [0.15, 0.2) is 59.1 Å². The smallest absolute Gasteiger partial charge is 0.306 e. The lowest BCUT2D eigenvalue weighted by atomic mass is 9.88. The number of benzene rings is 2. The van der Waals surface area contributed by atoms with Gasteiger partial charge >= 0.3 is 5.97 Å². The van der Waals surface area contributed by atoms with Crippen molar-refractivity contribution in [1.29, 1.82) is 0 Å². The first-order valence-electron chi connectivity index (χ1n) is 7.12. The average Bonchev–Trinajstić information content (AvgIpc) is 2.54. The highest BCUT2D eigenvalue weighted by Crippen LogP contribution is 2.25. The van der Waals surface area contributed by atoms with Gasteiger partial charge in [-0.05, 0) is 24.6 Å². The third-order valence-electron chi connectivity index (χ3n) is 3.32. The Morgan fingerprint density at radius 2 is 1.68 bits per heavy atom. The lowest BCUT2D eigenvalue weighted by Crippen LogP contribution is -2.18. The molecule has 0 amide bonds. The van der Waals surface area contributed by atoms with Gasteiger partial charge in [0.1, 0.15) is 0 Å². The number of rotatable bonds is 6. The van der Waals surface area contributed by atoms with Crippen molar-refractivity contribution in [3.63, 3.8) is 0 Å². The second-order valence-corrected chi connectivity index (χ2v) is 5.76. The number of halogens is 1. The van der Waals surface area contributed by atoms with E-state index in [1.165, 1.54) is 0 Å². The summed E-state index contributed by atoms with van der Waals surface area (Å²) >= 11 is 3.35. The maximum atomic E-state index is 12.8. The van der Waals surface area contributed by atoms with E-state index in [1.807, 2.05) is 42.5 Å². The Hall–Kier alpha value is -1.94. The van der Waals surface area contributed by atoms with E-state index in [2.05, 4.69) is 15.9 Å². The zero-order chi connectivity index (χ0) is 15.9. The molecule has 0 saturated heterocycles. The summed E-state index contributed by atoms with van der Waals surface area (Å²) in [6.07, 6.45) is 0.0484. The number of hydrogen-bond donors (Lipinski definition) is 0. The topological polar surface area (TPSA) is 43.4 Å². The van der Waals surface area contributed by atoms with Crippen LogP contribution in [0.2, 0.25) is 0 Å². The van der Waals surface area contributed by atoms with Gasteiger partial charge in [-0.3, -0.25) is 9.59 Å². The van der Waals surface area contributed by atoms with Crippen LogP contribution >= 0.6 is 15.9 Å². The van der Waals surface area contributed by atoms with Crippen molar-refractivity contribution in [2.24, 2.45) is 0 Å². The van der Waals surface area contributed by atoms with Crippen LogP contribution in [0.25, 0.3) is 0 Å².